The molecule has 112 valence electrons. The zero-order chi connectivity index (χ0) is 15.7. The summed E-state index contributed by atoms with van der Waals surface area (Å²) in [5.74, 6) is 1.22. The summed E-state index contributed by atoms with van der Waals surface area (Å²) in [7, 11) is 1.56. The Hall–Kier alpha value is -2.11. The molecule has 0 bridgehead atoms. The second-order valence-corrected chi connectivity index (χ2v) is 5.46. The number of aryl methyl sites for hydroxylation is 1. The fraction of sp³-hybridized carbons (Fsp3) is 0.133. The minimum atomic E-state index is 0.483. The minimum Gasteiger partial charge on any atom is -0.495 e. The summed E-state index contributed by atoms with van der Waals surface area (Å²) >= 11 is 12.1. The van der Waals surface area contributed by atoms with Crippen molar-refractivity contribution in [2.45, 2.75) is 6.92 Å². The Labute approximate surface area is 137 Å². The smallest absolute Gasteiger partial charge is 0.182 e. The molecule has 7 heteroatoms. The van der Waals surface area contributed by atoms with Crippen LogP contribution in [0.3, 0.4) is 0 Å². The van der Waals surface area contributed by atoms with E-state index in [0.717, 1.165) is 11.3 Å². The number of benzene rings is 1. The molecule has 0 unspecified atom stereocenters. The summed E-state index contributed by atoms with van der Waals surface area (Å²) in [5.41, 5.74) is 2.16. The highest BCUT2D eigenvalue weighted by molar-refractivity contribution is 6.32. The number of imidazole rings is 1. The Morgan fingerprint density at radius 3 is 2.68 bits per heavy atom. The van der Waals surface area contributed by atoms with Gasteiger partial charge in [0.05, 0.1) is 28.5 Å². The van der Waals surface area contributed by atoms with Gasteiger partial charge < -0.3 is 4.74 Å². The number of fused-ring (bicyclic) bond motifs is 1. The summed E-state index contributed by atoms with van der Waals surface area (Å²) in [6.07, 6.45) is 1.76. The first-order valence-corrected chi connectivity index (χ1v) is 7.23. The van der Waals surface area contributed by atoms with E-state index in [4.69, 9.17) is 27.9 Å². The van der Waals surface area contributed by atoms with E-state index in [0.29, 0.717) is 27.3 Å². The highest BCUT2D eigenvalue weighted by atomic mass is 35.5. The number of nitrogens with zero attached hydrogens (tertiary/aromatic N) is 4. The van der Waals surface area contributed by atoms with E-state index < -0.39 is 0 Å². The summed E-state index contributed by atoms with van der Waals surface area (Å²) in [6, 6.07) is 8.83. The van der Waals surface area contributed by atoms with E-state index in [1.165, 1.54) is 0 Å². The molecule has 3 rings (SSSR count). The predicted octanol–water partition coefficient (Wildman–Crippen LogP) is 5.37. The highest BCUT2D eigenvalue weighted by Crippen LogP contribution is 2.30. The number of aromatic nitrogens is 2. The van der Waals surface area contributed by atoms with Crippen LogP contribution < -0.4 is 4.74 Å². The van der Waals surface area contributed by atoms with Gasteiger partial charge in [-0.1, -0.05) is 23.2 Å². The number of azo groups is 1. The van der Waals surface area contributed by atoms with Crippen LogP contribution in [0, 0.1) is 6.92 Å². The van der Waals surface area contributed by atoms with Crippen molar-refractivity contribution in [2.75, 3.05) is 7.11 Å². The Morgan fingerprint density at radius 2 is 1.95 bits per heavy atom. The highest BCUT2D eigenvalue weighted by Gasteiger charge is 2.08. The first-order chi connectivity index (χ1) is 10.6. The molecule has 0 N–H and O–H groups in total. The lowest BCUT2D eigenvalue weighted by Gasteiger charge is -2.02. The molecule has 0 amide bonds. The normalized spacial score (nSPS) is 11.5. The van der Waals surface area contributed by atoms with E-state index >= 15 is 0 Å². The van der Waals surface area contributed by atoms with Gasteiger partial charge in [-0.3, -0.25) is 4.40 Å². The molecule has 0 atom stereocenters. The van der Waals surface area contributed by atoms with Crippen molar-refractivity contribution >= 4 is 40.4 Å². The van der Waals surface area contributed by atoms with Gasteiger partial charge >= 0.3 is 0 Å². The van der Waals surface area contributed by atoms with E-state index in [1.54, 1.807) is 42.0 Å². The van der Waals surface area contributed by atoms with Crippen LogP contribution >= 0.6 is 23.2 Å². The molecule has 0 aliphatic rings. The number of pyridine rings is 1. The lowest BCUT2D eigenvalue weighted by atomic mass is 10.3. The van der Waals surface area contributed by atoms with Gasteiger partial charge in [0.2, 0.25) is 0 Å². The van der Waals surface area contributed by atoms with Crippen molar-refractivity contribution in [2.24, 2.45) is 10.2 Å². The van der Waals surface area contributed by atoms with Gasteiger partial charge in [0.25, 0.3) is 0 Å². The maximum Gasteiger partial charge on any atom is 0.182 e. The molecular formula is C15H12Cl2N4O. The van der Waals surface area contributed by atoms with Crippen LogP contribution in [0.15, 0.2) is 46.8 Å². The molecule has 0 aliphatic carbocycles. The minimum absolute atomic E-state index is 0.483. The Morgan fingerprint density at radius 1 is 1.14 bits per heavy atom. The zero-order valence-electron chi connectivity index (χ0n) is 11.9. The van der Waals surface area contributed by atoms with E-state index in [2.05, 4.69) is 15.2 Å². The molecule has 3 aromatic rings. The third-order valence-corrected chi connectivity index (χ3v) is 3.64. The van der Waals surface area contributed by atoms with E-state index in [-0.39, 0.29) is 0 Å². The number of ether oxygens (including phenoxy) is 1. The number of hydrogen-bond acceptors (Lipinski definition) is 4. The van der Waals surface area contributed by atoms with Crippen LogP contribution in [0.4, 0.5) is 11.5 Å². The second kappa shape index (κ2) is 5.94. The standard InChI is InChI=1S/C15H12Cl2N4O/c1-9-15(21-8-10(16)3-6-14(21)18-9)20-19-11-4-5-13(22-2)12(17)7-11/h3-8H,1-2H3. The maximum atomic E-state index is 6.08. The quantitative estimate of drug-likeness (QED) is 0.604. The zero-order valence-corrected chi connectivity index (χ0v) is 13.4. The third kappa shape index (κ3) is 2.77. The van der Waals surface area contributed by atoms with Crippen molar-refractivity contribution in [1.29, 1.82) is 0 Å². The van der Waals surface area contributed by atoms with Crippen LogP contribution in [0.2, 0.25) is 10.0 Å². The fourth-order valence-corrected chi connectivity index (χ4v) is 2.48. The van der Waals surface area contributed by atoms with Gasteiger partial charge in [0, 0.05) is 6.20 Å². The van der Waals surface area contributed by atoms with Crippen LogP contribution in [-0.4, -0.2) is 16.5 Å². The largest absolute Gasteiger partial charge is 0.495 e. The van der Waals surface area contributed by atoms with Gasteiger partial charge in [-0.05, 0) is 37.3 Å². The molecule has 0 fully saturated rings. The number of hydrogen-bond donors (Lipinski definition) is 0. The van der Waals surface area contributed by atoms with Gasteiger partial charge in [-0.25, -0.2) is 4.98 Å². The van der Waals surface area contributed by atoms with E-state index in [1.807, 2.05) is 13.0 Å². The molecule has 2 aromatic heterocycles. The first-order valence-electron chi connectivity index (χ1n) is 6.48. The van der Waals surface area contributed by atoms with Crippen molar-refractivity contribution in [3.8, 4) is 5.75 Å². The number of methoxy groups -OCH3 is 1. The van der Waals surface area contributed by atoms with Gasteiger partial charge in [0.15, 0.2) is 5.82 Å². The van der Waals surface area contributed by atoms with Crippen LogP contribution in [0.5, 0.6) is 5.75 Å². The van der Waals surface area contributed by atoms with Crippen molar-refractivity contribution in [3.05, 3.63) is 52.3 Å². The Bertz CT molecular complexity index is 873. The Balaban J connectivity index is 2.00. The number of halogens is 2. The van der Waals surface area contributed by atoms with Gasteiger partial charge in [-0.15, -0.1) is 10.2 Å². The molecule has 22 heavy (non-hydrogen) atoms. The SMILES string of the molecule is COc1ccc(N=Nc2c(C)nc3ccc(Cl)cn23)cc1Cl. The molecule has 0 aliphatic heterocycles. The van der Waals surface area contributed by atoms with Crippen LogP contribution in [0.25, 0.3) is 5.65 Å². The summed E-state index contributed by atoms with van der Waals surface area (Å²) < 4.78 is 6.91. The predicted molar refractivity (Wildman–Crippen MR) is 87.1 cm³/mol. The van der Waals surface area contributed by atoms with Crippen LogP contribution in [0.1, 0.15) is 5.69 Å². The molecule has 0 saturated carbocycles. The lowest BCUT2D eigenvalue weighted by molar-refractivity contribution is 0.415. The average Bonchev–Trinajstić information content (AvgIpc) is 2.80. The van der Waals surface area contributed by atoms with E-state index in [9.17, 15) is 0 Å². The fourth-order valence-electron chi connectivity index (χ4n) is 2.07. The molecule has 0 spiro atoms. The average molecular weight is 335 g/mol. The third-order valence-electron chi connectivity index (χ3n) is 3.12. The maximum absolute atomic E-state index is 6.08. The number of rotatable bonds is 3. The molecule has 1 aromatic carbocycles. The topological polar surface area (TPSA) is 51.2 Å². The molecule has 0 saturated heterocycles. The van der Waals surface area contributed by atoms with Gasteiger partial charge in [-0.2, -0.15) is 0 Å². The molecule has 0 radical (unpaired) electrons. The van der Waals surface area contributed by atoms with Crippen molar-refractivity contribution in [3.63, 3.8) is 0 Å². The lowest BCUT2D eigenvalue weighted by Crippen LogP contribution is -1.83. The van der Waals surface area contributed by atoms with Gasteiger partial charge in [0.1, 0.15) is 11.4 Å². The Kier molecular flexibility index (Phi) is 4.00. The molecular weight excluding hydrogens is 323 g/mol. The summed E-state index contributed by atoms with van der Waals surface area (Å²) in [4.78, 5) is 4.42. The molecule has 5 nitrogen and oxygen atoms in total. The summed E-state index contributed by atoms with van der Waals surface area (Å²) in [5, 5.41) is 9.56. The first kappa shape index (κ1) is 14.8. The monoisotopic (exact) mass is 334 g/mol. The second-order valence-electron chi connectivity index (χ2n) is 4.62. The molecule has 2 heterocycles. The van der Waals surface area contributed by atoms with Crippen molar-refractivity contribution in [1.82, 2.24) is 9.38 Å². The summed E-state index contributed by atoms with van der Waals surface area (Å²) in [6.45, 7) is 1.87. The van der Waals surface area contributed by atoms with Crippen molar-refractivity contribution < 1.29 is 4.74 Å². The van der Waals surface area contributed by atoms with Crippen LogP contribution in [-0.2, 0) is 0 Å².